The SMILES string of the molecule is CC[Si]CCCCCCCCCC(=O)O. The Morgan fingerprint density at radius 2 is 1.53 bits per heavy atom. The van der Waals surface area contributed by atoms with Crippen LogP contribution in [0, 0.1) is 0 Å². The summed E-state index contributed by atoms with van der Waals surface area (Å²) in [5, 5.41) is 8.44. The summed E-state index contributed by atoms with van der Waals surface area (Å²) in [7, 11) is 1.16. The lowest BCUT2D eigenvalue weighted by molar-refractivity contribution is -0.137. The first kappa shape index (κ1) is 14.7. The average Bonchev–Trinajstić information content (AvgIpc) is 2.20. The molecule has 0 unspecified atom stereocenters. The minimum Gasteiger partial charge on any atom is -0.481 e. The predicted molar refractivity (Wildman–Crippen MR) is 65.6 cm³/mol. The van der Waals surface area contributed by atoms with Crippen LogP contribution in [-0.4, -0.2) is 20.6 Å². The van der Waals surface area contributed by atoms with E-state index < -0.39 is 5.97 Å². The molecule has 88 valence electrons. The molecule has 2 nitrogen and oxygen atoms in total. The van der Waals surface area contributed by atoms with E-state index in [1.54, 1.807) is 0 Å². The van der Waals surface area contributed by atoms with Crippen molar-refractivity contribution < 1.29 is 9.90 Å². The summed E-state index contributed by atoms with van der Waals surface area (Å²) in [5.41, 5.74) is 0. The van der Waals surface area contributed by atoms with Gasteiger partial charge < -0.3 is 5.11 Å². The summed E-state index contributed by atoms with van der Waals surface area (Å²) in [6.07, 6.45) is 8.87. The Kier molecular flexibility index (Phi) is 11.5. The van der Waals surface area contributed by atoms with E-state index in [4.69, 9.17) is 5.11 Å². The fourth-order valence-electron chi connectivity index (χ4n) is 1.59. The van der Waals surface area contributed by atoms with E-state index in [0.29, 0.717) is 6.42 Å². The molecule has 0 rings (SSSR count). The Labute approximate surface area is 96.3 Å². The summed E-state index contributed by atoms with van der Waals surface area (Å²) < 4.78 is 0. The molecule has 2 radical (unpaired) electrons. The second kappa shape index (κ2) is 11.8. The third-order valence-electron chi connectivity index (χ3n) is 2.49. The number of carboxylic acid groups (broad SMARTS) is 1. The Balaban J connectivity index is 2.89. The largest absolute Gasteiger partial charge is 0.481 e. The average molecular weight is 228 g/mol. The molecule has 3 heteroatoms. The van der Waals surface area contributed by atoms with Crippen LogP contribution in [0.25, 0.3) is 0 Å². The molecular formula is C12H24O2Si. The molecule has 0 spiro atoms. The van der Waals surface area contributed by atoms with E-state index in [-0.39, 0.29) is 0 Å². The molecule has 0 fully saturated rings. The summed E-state index contributed by atoms with van der Waals surface area (Å²) in [4.78, 5) is 10.2. The molecule has 0 aliphatic heterocycles. The molecule has 1 N–H and O–H groups in total. The predicted octanol–water partition coefficient (Wildman–Crippen LogP) is 3.75. The van der Waals surface area contributed by atoms with Crippen molar-refractivity contribution in [1.82, 2.24) is 0 Å². The van der Waals surface area contributed by atoms with Gasteiger partial charge in [0, 0.05) is 15.9 Å². The molecule has 0 aliphatic carbocycles. The molecular weight excluding hydrogens is 204 g/mol. The smallest absolute Gasteiger partial charge is 0.303 e. The van der Waals surface area contributed by atoms with E-state index in [1.807, 2.05) is 0 Å². The summed E-state index contributed by atoms with van der Waals surface area (Å²) in [5.74, 6) is -0.657. The molecule has 0 bridgehead atoms. The summed E-state index contributed by atoms with van der Waals surface area (Å²) in [6.45, 7) is 2.25. The molecule has 0 aromatic heterocycles. The number of aliphatic carboxylic acids is 1. The topological polar surface area (TPSA) is 37.3 Å². The third-order valence-corrected chi connectivity index (χ3v) is 3.70. The van der Waals surface area contributed by atoms with Crippen LogP contribution >= 0.6 is 0 Å². The van der Waals surface area contributed by atoms with Gasteiger partial charge in [-0.15, -0.1) is 0 Å². The van der Waals surface area contributed by atoms with Crippen molar-refractivity contribution >= 4 is 15.5 Å². The first-order valence-electron chi connectivity index (χ1n) is 6.20. The molecule has 0 heterocycles. The Morgan fingerprint density at radius 1 is 1.00 bits per heavy atom. The van der Waals surface area contributed by atoms with Crippen molar-refractivity contribution in [3.63, 3.8) is 0 Å². The number of rotatable bonds is 11. The molecule has 0 aromatic carbocycles. The number of unbranched alkanes of at least 4 members (excludes halogenated alkanes) is 6. The zero-order chi connectivity index (χ0) is 11.4. The van der Waals surface area contributed by atoms with Crippen LogP contribution in [0.2, 0.25) is 12.1 Å². The van der Waals surface area contributed by atoms with Gasteiger partial charge in [0.25, 0.3) is 0 Å². The van der Waals surface area contributed by atoms with Crippen LogP contribution < -0.4 is 0 Å². The minimum atomic E-state index is -0.657. The van der Waals surface area contributed by atoms with Gasteiger partial charge in [0.05, 0.1) is 0 Å². The van der Waals surface area contributed by atoms with Gasteiger partial charge in [-0.3, -0.25) is 4.79 Å². The molecule has 0 saturated heterocycles. The molecule has 0 aromatic rings. The Morgan fingerprint density at radius 3 is 2.07 bits per heavy atom. The van der Waals surface area contributed by atoms with E-state index >= 15 is 0 Å². The second-order valence-electron chi connectivity index (χ2n) is 3.97. The highest BCUT2D eigenvalue weighted by Gasteiger charge is 1.96. The third kappa shape index (κ3) is 13.7. The molecule has 15 heavy (non-hydrogen) atoms. The monoisotopic (exact) mass is 228 g/mol. The number of hydrogen-bond donors (Lipinski definition) is 1. The zero-order valence-corrected chi connectivity index (χ0v) is 10.9. The van der Waals surface area contributed by atoms with Crippen molar-refractivity contribution in [3.05, 3.63) is 0 Å². The lowest BCUT2D eigenvalue weighted by Gasteiger charge is -2.00. The highest BCUT2D eigenvalue weighted by Crippen LogP contribution is 2.09. The van der Waals surface area contributed by atoms with Crippen molar-refractivity contribution in [1.29, 1.82) is 0 Å². The van der Waals surface area contributed by atoms with Crippen LogP contribution in [0.3, 0.4) is 0 Å². The van der Waals surface area contributed by atoms with E-state index in [1.165, 1.54) is 44.2 Å². The van der Waals surface area contributed by atoms with E-state index in [2.05, 4.69) is 6.92 Å². The van der Waals surface area contributed by atoms with Gasteiger partial charge in [-0.25, -0.2) is 0 Å². The van der Waals surface area contributed by atoms with Gasteiger partial charge in [0.15, 0.2) is 0 Å². The van der Waals surface area contributed by atoms with E-state index in [9.17, 15) is 4.79 Å². The van der Waals surface area contributed by atoms with Gasteiger partial charge in [0.1, 0.15) is 0 Å². The highest BCUT2D eigenvalue weighted by atomic mass is 28.2. The minimum absolute atomic E-state index is 0.345. The Hall–Kier alpha value is -0.313. The standard InChI is InChI=1S/C12H24O2Si/c1-2-15-11-9-7-5-3-4-6-8-10-12(13)14/h2-11H2,1H3,(H,13,14). The maximum Gasteiger partial charge on any atom is 0.303 e. The molecule has 0 atom stereocenters. The van der Waals surface area contributed by atoms with Gasteiger partial charge in [-0.2, -0.15) is 0 Å². The first-order valence-corrected chi connectivity index (χ1v) is 7.61. The van der Waals surface area contributed by atoms with Crippen LogP contribution in [0.4, 0.5) is 0 Å². The summed E-state index contributed by atoms with van der Waals surface area (Å²) in [6, 6.07) is 2.75. The normalized spacial score (nSPS) is 10.5. The maximum atomic E-state index is 10.2. The molecule has 0 amide bonds. The van der Waals surface area contributed by atoms with Crippen molar-refractivity contribution in [2.75, 3.05) is 0 Å². The number of hydrogen-bond acceptors (Lipinski definition) is 1. The fourth-order valence-corrected chi connectivity index (χ4v) is 2.44. The van der Waals surface area contributed by atoms with Crippen molar-refractivity contribution in [2.45, 2.75) is 70.4 Å². The molecule has 0 aliphatic rings. The van der Waals surface area contributed by atoms with Gasteiger partial charge in [-0.05, 0) is 6.42 Å². The summed E-state index contributed by atoms with van der Waals surface area (Å²) >= 11 is 0. The van der Waals surface area contributed by atoms with Gasteiger partial charge in [0.2, 0.25) is 0 Å². The zero-order valence-electron chi connectivity index (χ0n) is 9.93. The fraction of sp³-hybridized carbons (Fsp3) is 0.917. The first-order chi connectivity index (χ1) is 7.27. The van der Waals surface area contributed by atoms with E-state index in [0.717, 1.165) is 22.4 Å². The number of carbonyl (C=O) groups is 1. The van der Waals surface area contributed by atoms with Crippen LogP contribution in [-0.2, 0) is 4.79 Å². The van der Waals surface area contributed by atoms with Gasteiger partial charge in [-0.1, -0.05) is 57.5 Å². The number of carboxylic acids is 1. The lowest BCUT2D eigenvalue weighted by Crippen LogP contribution is -1.93. The van der Waals surface area contributed by atoms with Crippen LogP contribution in [0.1, 0.15) is 58.3 Å². The van der Waals surface area contributed by atoms with Gasteiger partial charge >= 0.3 is 5.97 Å². The maximum absolute atomic E-state index is 10.2. The molecule has 0 saturated carbocycles. The van der Waals surface area contributed by atoms with Crippen molar-refractivity contribution in [3.8, 4) is 0 Å². The van der Waals surface area contributed by atoms with Crippen LogP contribution in [0.15, 0.2) is 0 Å². The van der Waals surface area contributed by atoms with Crippen LogP contribution in [0.5, 0.6) is 0 Å². The quantitative estimate of drug-likeness (QED) is 0.432. The Bertz CT molecular complexity index is 149. The lowest BCUT2D eigenvalue weighted by atomic mass is 10.1. The second-order valence-corrected chi connectivity index (χ2v) is 5.68. The van der Waals surface area contributed by atoms with Crippen molar-refractivity contribution in [2.24, 2.45) is 0 Å². The highest BCUT2D eigenvalue weighted by molar-refractivity contribution is 6.35.